The first-order valence-electron chi connectivity index (χ1n) is 19.6. The molecule has 0 aromatic carbocycles. The van der Waals surface area contributed by atoms with Crippen molar-refractivity contribution in [2.45, 2.75) is 245 Å². The van der Waals surface area contributed by atoms with Crippen LogP contribution in [-0.4, -0.2) is 0 Å². The predicted octanol–water partition coefficient (Wildman–Crippen LogP) is 15.5. The molecule has 1 atom stereocenters. The molecule has 0 spiro atoms. The smallest absolute Gasteiger partial charge is 0.0414 e. The lowest BCUT2D eigenvalue weighted by molar-refractivity contribution is 0.368. The maximum atomic E-state index is 4.07. The van der Waals surface area contributed by atoms with Crippen LogP contribution in [0.15, 0.2) is 0 Å². The van der Waals surface area contributed by atoms with E-state index in [0.29, 0.717) is 0 Å². The maximum absolute atomic E-state index is 4.07. The molecular formula is C40H81. The number of hydrogen-bond acceptors (Lipinski definition) is 0. The van der Waals surface area contributed by atoms with Crippen LogP contribution in [-0.2, 0) is 0 Å². The van der Waals surface area contributed by atoms with Crippen LogP contribution in [0.1, 0.15) is 245 Å². The van der Waals surface area contributed by atoms with Crippen molar-refractivity contribution in [1.82, 2.24) is 0 Å². The Kier molecular flexibility index (Phi) is 37.0. The predicted molar refractivity (Wildman–Crippen MR) is 186 cm³/mol. The van der Waals surface area contributed by atoms with Crippen LogP contribution >= 0.6 is 0 Å². The molecule has 0 nitrogen and oxygen atoms in total. The number of hydrogen-bond donors (Lipinski definition) is 0. The molecule has 0 fully saturated rings. The van der Waals surface area contributed by atoms with Gasteiger partial charge in [0, 0.05) is 0 Å². The van der Waals surface area contributed by atoms with Gasteiger partial charge in [-0.15, -0.1) is 0 Å². The lowest BCUT2D eigenvalue weighted by atomic mass is 9.89. The van der Waals surface area contributed by atoms with Crippen molar-refractivity contribution < 1.29 is 0 Å². The fourth-order valence-electron chi connectivity index (χ4n) is 6.65. The molecule has 1 unspecified atom stereocenters. The van der Waals surface area contributed by atoms with Crippen LogP contribution in [0, 0.1) is 12.8 Å². The molecule has 0 aliphatic rings. The Balaban J connectivity index is 3.53. The second kappa shape index (κ2) is 37.0. The van der Waals surface area contributed by atoms with Gasteiger partial charge in [0.25, 0.3) is 0 Å². The van der Waals surface area contributed by atoms with Gasteiger partial charge in [0.1, 0.15) is 0 Å². The molecule has 0 bridgehead atoms. The molecule has 241 valence electrons. The Labute approximate surface area is 257 Å². The van der Waals surface area contributed by atoms with Crippen LogP contribution in [0.2, 0.25) is 0 Å². The van der Waals surface area contributed by atoms with Crippen molar-refractivity contribution in [2.24, 2.45) is 5.92 Å². The van der Waals surface area contributed by atoms with Crippen molar-refractivity contribution in [3.8, 4) is 0 Å². The van der Waals surface area contributed by atoms with Crippen LogP contribution in [0.5, 0.6) is 0 Å². The van der Waals surface area contributed by atoms with E-state index >= 15 is 0 Å². The van der Waals surface area contributed by atoms with Crippen LogP contribution in [0.25, 0.3) is 0 Å². The Morgan fingerprint density at radius 3 is 0.700 bits per heavy atom. The van der Waals surface area contributed by atoms with Gasteiger partial charge in [0.05, 0.1) is 0 Å². The molecule has 0 aliphatic carbocycles. The second-order valence-electron chi connectivity index (χ2n) is 13.7. The highest BCUT2D eigenvalue weighted by Gasteiger charge is 2.08. The zero-order chi connectivity index (χ0) is 29.0. The van der Waals surface area contributed by atoms with Gasteiger partial charge in [-0.1, -0.05) is 252 Å². The molecule has 0 rings (SSSR count). The van der Waals surface area contributed by atoms with Crippen molar-refractivity contribution in [3.63, 3.8) is 0 Å². The third-order valence-corrected chi connectivity index (χ3v) is 9.54. The Morgan fingerprint density at radius 1 is 0.275 bits per heavy atom. The molecule has 0 saturated heterocycles. The summed E-state index contributed by atoms with van der Waals surface area (Å²) in [7, 11) is 0. The van der Waals surface area contributed by atoms with E-state index in [2.05, 4.69) is 20.8 Å². The highest BCUT2D eigenvalue weighted by molar-refractivity contribution is 4.62. The summed E-state index contributed by atoms with van der Waals surface area (Å²) in [5.74, 6) is 1.01. The minimum absolute atomic E-state index is 1.01. The van der Waals surface area contributed by atoms with E-state index in [1.165, 1.54) is 225 Å². The van der Waals surface area contributed by atoms with Gasteiger partial charge in [0.15, 0.2) is 0 Å². The summed E-state index contributed by atoms with van der Waals surface area (Å²) in [5, 5.41) is 0. The lowest BCUT2D eigenvalue weighted by Crippen LogP contribution is -2.01. The SMILES string of the molecule is [CH2]CCCCC(CCCCCCCCCCCCCCCC)CCCCCCCCCCCCCCCCCC. The monoisotopic (exact) mass is 562 g/mol. The first-order chi connectivity index (χ1) is 19.8. The normalized spacial score (nSPS) is 12.4. The summed E-state index contributed by atoms with van der Waals surface area (Å²) in [4.78, 5) is 0. The van der Waals surface area contributed by atoms with Gasteiger partial charge in [0.2, 0.25) is 0 Å². The van der Waals surface area contributed by atoms with E-state index in [4.69, 9.17) is 0 Å². The fourth-order valence-corrected chi connectivity index (χ4v) is 6.65. The fraction of sp³-hybridized carbons (Fsp3) is 0.975. The molecule has 0 heteroatoms. The highest BCUT2D eigenvalue weighted by atomic mass is 14.1. The molecule has 0 amide bonds. The summed E-state index contributed by atoms with van der Waals surface area (Å²) in [6.07, 6.45) is 52.6. The largest absolute Gasteiger partial charge is 0.0654 e. The molecule has 0 N–H and O–H groups in total. The Bertz CT molecular complexity index is 412. The molecule has 0 heterocycles. The van der Waals surface area contributed by atoms with Crippen molar-refractivity contribution in [2.75, 3.05) is 0 Å². The van der Waals surface area contributed by atoms with Crippen molar-refractivity contribution in [3.05, 3.63) is 6.92 Å². The van der Waals surface area contributed by atoms with Crippen LogP contribution < -0.4 is 0 Å². The standard InChI is InChI=1S/C40H81/c1-4-7-10-12-14-16-18-20-22-23-25-27-29-31-33-36-39-40(37-34-9-6-3)38-35-32-30-28-26-24-21-19-17-15-13-11-8-5-2/h40H,3-39H2,1-2H3. The first-order valence-corrected chi connectivity index (χ1v) is 19.6. The van der Waals surface area contributed by atoms with Crippen LogP contribution in [0.4, 0.5) is 0 Å². The molecule has 40 heavy (non-hydrogen) atoms. The van der Waals surface area contributed by atoms with Gasteiger partial charge in [-0.3, -0.25) is 0 Å². The second-order valence-corrected chi connectivity index (χ2v) is 13.7. The minimum Gasteiger partial charge on any atom is -0.0654 e. The summed E-state index contributed by atoms with van der Waals surface area (Å²) < 4.78 is 0. The summed E-state index contributed by atoms with van der Waals surface area (Å²) >= 11 is 0. The first kappa shape index (κ1) is 40.0. The van der Waals surface area contributed by atoms with E-state index in [0.717, 1.165) is 12.3 Å². The third-order valence-electron chi connectivity index (χ3n) is 9.54. The molecule has 0 aromatic heterocycles. The zero-order valence-electron chi connectivity index (χ0n) is 28.7. The topological polar surface area (TPSA) is 0 Å². The lowest BCUT2D eigenvalue weighted by Gasteiger charge is -2.17. The molecule has 0 aromatic rings. The molecule has 0 saturated carbocycles. The quantitative estimate of drug-likeness (QED) is 0.0667. The average molecular weight is 562 g/mol. The molecular weight excluding hydrogens is 480 g/mol. The third kappa shape index (κ3) is 34.2. The average Bonchev–Trinajstić information content (AvgIpc) is 2.96. The Morgan fingerprint density at radius 2 is 0.475 bits per heavy atom. The van der Waals surface area contributed by atoms with Crippen LogP contribution in [0.3, 0.4) is 0 Å². The van der Waals surface area contributed by atoms with Gasteiger partial charge in [-0.2, -0.15) is 0 Å². The minimum atomic E-state index is 1.01. The summed E-state index contributed by atoms with van der Waals surface area (Å²) in [6.45, 7) is 8.70. The highest BCUT2D eigenvalue weighted by Crippen LogP contribution is 2.24. The van der Waals surface area contributed by atoms with Gasteiger partial charge in [-0.05, 0) is 5.92 Å². The van der Waals surface area contributed by atoms with Gasteiger partial charge in [-0.25, -0.2) is 0 Å². The number of rotatable bonds is 36. The maximum Gasteiger partial charge on any atom is -0.0414 e. The van der Waals surface area contributed by atoms with Gasteiger partial charge < -0.3 is 0 Å². The Hall–Kier alpha value is 0. The van der Waals surface area contributed by atoms with E-state index in [-0.39, 0.29) is 0 Å². The van der Waals surface area contributed by atoms with E-state index in [1.807, 2.05) is 0 Å². The van der Waals surface area contributed by atoms with E-state index in [1.54, 1.807) is 0 Å². The molecule has 0 aliphatic heterocycles. The zero-order valence-corrected chi connectivity index (χ0v) is 28.7. The summed E-state index contributed by atoms with van der Waals surface area (Å²) in [6, 6.07) is 0. The number of unbranched alkanes of at least 4 members (excludes halogenated alkanes) is 30. The van der Waals surface area contributed by atoms with Crippen molar-refractivity contribution in [1.29, 1.82) is 0 Å². The van der Waals surface area contributed by atoms with E-state index in [9.17, 15) is 0 Å². The summed E-state index contributed by atoms with van der Waals surface area (Å²) in [5.41, 5.74) is 0. The van der Waals surface area contributed by atoms with Gasteiger partial charge >= 0.3 is 0 Å². The van der Waals surface area contributed by atoms with E-state index < -0.39 is 0 Å². The molecule has 1 radical (unpaired) electrons. The van der Waals surface area contributed by atoms with Crippen molar-refractivity contribution >= 4 is 0 Å².